The number of halogens is 1. The zero-order valence-corrected chi connectivity index (χ0v) is 13.5. The van der Waals surface area contributed by atoms with E-state index in [4.69, 9.17) is 11.6 Å². The SMILES string of the molecule is CCN(CC)C(=O)Cn1c(CCCl)nc2cc(C)cnc21. The lowest BCUT2D eigenvalue weighted by molar-refractivity contribution is -0.131. The van der Waals surface area contributed by atoms with Crippen molar-refractivity contribution in [1.29, 1.82) is 0 Å². The molecule has 0 aliphatic carbocycles. The number of aryl methyl sites for hydroxylation is 2. The first-order valence-corrected chi connectivity index (χ1v) is 7.79. The Hall–Kier alpha value is -1.62. The van der Waals surface area contributed by atoms with Gasteiger partial charge >= 0.3 is 0 Å². The van der Waals surface area contributed by atoms with Crippen molar-refractivity contribution in [3.05, 3.63) is 23.7 Å². The average Bonchev–Trinajstić information content (AvgIpc) is 2.77. The normalized spacial score (nSPS) is 11.0. The maximum absolute atomic E-state index is 12.4. The molecular formula is C15H21ClN4O. The Labute approximate surface area is 129 Å². The fourth-order valence-electron chi connectivity index (χ4n) is 2.41. The molecule has 2 aromatic heterocycles. The lowest BCUT2D eigenvalue weighted by Crippen LogP contribution is -2.33. The molecule has 2 heterocycles. The second kappa shape index (κ2) is 6.89. The fraction of sp³-hybridized carbons (Fsp3) is 0.533. The van der Waals surface area contributed by atoms with Crippen LogP contribution >= 0.6 is 11.6 Å². The van der Waals surface area contributed by atoms with Crippen molar-refractivity contribution in [2.24, 2.45) is 0 Å². The van der Waals surface area contributed by atoms with E-state index in [0.717, 1.165) is 22.6 Å². The Morgan fingerprint density at radius 2 is 2.10 bits per heavy atom. The Bertz CT molecular complexity index is 634. The number of carbonyl (C=O) groups is 1. The summed E-state index contributed by atoms with van der Waals surface area (Å²) in [6.45, 7) is 7.62. The molecule has 0 fully saturated rings. The molecular weight excluding hydrogens is 288 g/mol. The van der Waals surface area contributed by atoms with Crippen molar-refractivity contribution in [3.8, 4) is 0 Å². The molecule has 21 heavy (non-hydrogen) atoms. The highest BCUT2D eigenvalue weighted by molar-refractivity contribution is 6.17. The van der Waals surface area contributed by atoms with Gasteiger partial charge in [-0.3, -0.25) is 4.79 Å². The van der Waals surface area contributed by atoms with E-state index in [2.05, 4.69) is 9.97 Å². The van der Waals surface area contributed by atoms with Gasteiger partial charge in [0.1, 0.15) is 17.9 Å². The standard InChI is InChI=1S/C15H21ClN4O/c1-4-19(5-2)14(21)10-20-13(6-7-16)18-12-8-11(3)9-17-15(12)20/h8-9H,4-7,10H2,1-3H3. The molecule has 2 rings (SSSR count). The van der Waals surface area contributed by atoms with Crippen LogP contribution in [0.2, 0.25) is 0 Å². The largest absolute Gasteiger partial charge is 0.342 e. The summed E-state index contributed by atoms with van der Waals surface area (Å²) in [4.78, 5) is 23.2. The van der Waals surface area contributed by atoms with E-state index in [1.54, 1.807) is 6.20 Å². The first kappa shape index (κ1) is 15.8. The van der Waals surface area contributed by atoms with E-state index in [1.807, 2.05) is 36.3 Å². The van der Waals surface area contributed by atoms with Gasteiger partial charge in [-0.25, -0.2) is 9.97 Å². The van der Waals surface area contributed by atoms with Crippen LogP contribution in [-0.2, 0) is 17.8 Å². The predicted octanol–water partition coefficient (Wildman–Crippen LogP) is 2.39. The highest BCUT2D eigenvalue weighted by Gasteiger charge is 2.17. The molecule has 1 amide bonds. The van der Waals surface area contributed by atoms with Gasteiger partial charge in [0.15, 0.2) is 5.65 Å². The molecule has 0 aliphatic rings. The molecule has 114 valence electrons. The summed E-state index contributed by atoms with van der Waals surface area (Å²) in [5, 5.41) is 0. The third-order valence-electron chi connectivity index (χ3n) is 3.53. The van der Waals surface area contributed by atoms with E-state index in [9.17, 15) is 4.79 Å². The minimum absolute atomic E-state index is 0.0810. The Morgan fingerprint density at radius 1 is 1.38 bits per heavy atom. The van der Waals surface area contributed by atoms with Gasteiger partial charge in [-0.2, -0.15) is 0 Å². The van der Waals surface area contributed by atoms with Crippen LogP contribution in [0.25, 0.3) is 11.2 Å². The van der Waals surface area contributed by atoms with Crippen LogP contribution in [0, 0.1) is 6.92 Å². The third kappa shape index (κ3) is 3.35. The number of nitrogens with zero attached hydrogens (tertiary/aromatic N) is 4. The molecule has 2 aromatic rings. The number of carbonyl (C=O) groups excluding carboxylic acids is 1. The van der Waals surface area contributed by atoms with Crippen LogP contribution < -0.4 is 0 Å². The van der Waals surface area contributed by atoms with Gasteiger partial charge in [0.05, 0.1) is 0 Å². The molecule has 0 aliphatic heterocycles. The van der Waals surface area contributed by atoms with Crippen LogP contribution in [0.15, 0.2) is 12.3 Å². The van der Waals surface area contributed by atoms with Gasteiger partial charge in [0.25, 0.3) is 0 Å². The lowest BCUT2D eigenvalue weighted by atomic mass is 10.3. The van der Waals surface area contributed by atoms with Gasteiger partial charge in [0.2, 0.25) is 5.91 Å². The van der Waals surface area contributed by atoms with Gasteiger partial charge in [0, 0.05) is 31.6 Å². The molecule has 0 saturated heterocycles. The minimum Gasteiger partial charge on any atom is -0.342 e. The molecule has 0 spiro atoms. The summed E-state index contributed by atoms with van der Waals surface area (Å²) >= 11 is 5.85. The molecule has 0 N–H and O–H groups in total. The highest BCUT2D eigenvalue weighted by atomic mass is 35.5. The van der Waals surface area contributed by atoms with Gasteiger partial charge in [-0.05, 0) is 32.4 Å². The number of imidazole rings is 1. The monoisotopic (exact) mass is 308 g/mol. The van der Waals surface area contributed by atoms with Crippen molar-refractivity contribution < 1.29 is 4.79 Å². The number of pyridine rings is 1. The number of hydrogen-bond donors (Lipinski definition) is 0. The zero-order chi connectivity index (χ0) is 15.4. The molecule has 6 heteroatoms. The Morgan fingerprint density at radius 3 is 2.71 bits per heavy atom. The number of hydrogen-bond acceptors (Lipinski definition) is 3. The lowest BCUT2D eigenvalue weighted by Gasteiger charge is -2.19. The summed E-state index contributed by atoms with van der Waals surface area (Å²) in [5.41, 5.74) is 2.63. The van der Waals surface area contributed by atoms with Gasteiger partial charge in [-0.1, -0.05) is 0 Å². The molecule has 0 unspecified atom stereocenters. The summed E-state index contributed by atoms with van der Waals surface area (Å²) in [6.07, 6.45) is 2.43. The molecule has 0 saturated carbocycles. The number of aromatic nitrogens is 3. The maximum atomic E-state index is 12.4. The summed E-state index contributed by atoms with van der Waals surface area (Å²) in [6, 6.07) is 1.98. The van der Waals surface area contributed by atoms with E-state index in [-0.39, 0.29) is 12.5 Å². The van der Waals surface area contributed by atoms with Crippen LogP contribution in [0.3, 0.4) is 0 Å². The number of fused-ring (bicyclic) bond motifs is 1. The number of amides is 1. The van der Waals surface area contributed by atoms with Gasteiger partial charge in [-0.15, -0.1) is 11.6 Å². The molecule has 0 bridgehead atoms. The van der Waals surface area contributed by atoms with Crippen LogP contribution in [0.4, 0.5) is 0 Å². The summed E-state index contributed by atoms with van der Waals surface area (Å²) < 4.78 is 1.89. The van der Waals surface area contributed by atoms with Gasteiger partial charge < -0.3 is 9.47 Å². The van der Waals surface area contributed by atoms with Crippen molar-refractivity contribution >= 4 is 28.7 Å². The van der Waals surface area contributed by atoms with E-state index in [0.29, 0.717) is 25.4 Å². The topological polar surface area (TPSA) is 51.0 Å². The number of rotatable bonds is 6. The van der Waals surface area contributed by atoms with Crippen molar-refractivity contribution in [2.75, 3.05) is 19.0 Å². The Kier molecular flexibility index (Phi) is 5.17. The highest BCUT2D eigenvalue weighted by Crippen LogP contribution is 2.16. The predicted molar refractivity (Wildman–Crippen MR) is 84.6 cm³/mol. The smallest absolute Gasteiger partial charge is 0.242 e. The fourth-order valence-corrected chi connectivity index (χ4v) is 2.58. The average molecular weight is 309 g/mol. The summed E-state index contributed by atoms with van der Waals surface area (Å²) in [5.74, 6) is 1.37. The van der Waals surface area contributed by atoms with Crippen LogP contribution in [0.5, 0.6) is 0 Å². The molecule has 5 nitrogen and oxygen atoms in total. The third-order valence-corrected chi connectivity index (χ3v) is 3.72. The number of likely N-dealkylation sites (N-methyl/N-ethyl adjacent to an activating group) is 1. The molecule has 0 radical (unpaired) electrons. The van der Waals surface area contributed by atoms with Crippen molar-refractivity contribution in [3.63, 3.8) is 0 Å². The first-order valence-electron chi connectivity index (χ1n) is 7.26. The number of alkyl halides is 1. The van der Waals surface area contributed by atoms with E-state index in [1.165, 1.54) is 0 Å². The van der Waals surface area contributed by atoms with E-state index < -0.39 is 0 Å². The maximum Gasteiger partial charge on any atom is 0.242 e. The zero-order valence-electron chi connectivity index (χ0n) is 12.8. The van der Waals surface area contributed by atoms with Crippen molar-refractivity contribution in [2.45, 2.75) is 33.7 Å². The van der Waals surface area contributed by atoms with Crippen LogP contribution in [0.1, 0.15) is 25.2 Å². The second-order valence-corrected chi connectivity index (χ2v) is 5.35. The van der Waals surface area contributed by atoms with E-state index >= 15 is 0 Å². The molecule has 0 aromatic carbocycles. The van der Waals surface area contributed by atoms with Crippen molar-refractivity contribution in [1.82, 2.24) is 19.4 Å². The first-order chi connectivity index (χ1) is 10.1. The quantitative estimate of drug-likeness (QED) is 0.770. The van der Waals surface area contributed by atoms with Crippen LogP contribution in [-0.4, -0.2) is 44.3 Å². The summed E-state index contributed by atoms with van der Waals surface area (Å²) in [7, 11) is 0. The second-order valence-electron chi connectivity index (χ2n) is 4.97. The Balaban J connectivity index is 2.40. The minimum atomic E-state index is 0.0810. The molecule has 0 atom stereocenters.